The Balaban J connectivity index is 2.00. The van der Waals surface area contributed by atoms with Gasteiger partial charge in [0.25, 0.3) is 0 Å². The summed E-state index contributed by atoms with van der Waals surface area (Å²) >= 11 is 0. The molecule has 1 aliphatic rings. The van der Waals surface area contributed by atoms with Gasteiger partial charge in [0.2, 0.25) is 5.91 Å². The number of carbonyl (C=O) groups excluding carboxylic acids is 1. The molecule has 1 saturated carbocycles. The van der Waals surface area contributed by atoms with E-state index in [2.05, 4.69) is 5.32 Å². The van der Waals surface area contributed by atoms with Crippen molar-refractivity contribution in [3.63, 3.8) is 0 Å². The first kappa shape index (κ1) is 10.5. The third-order valence-corrected chi connectivity index (χ3v) is 2.36. The zero-order chi connectivity index (χ0) is 9.90. The minimum Gasteiger partial charge on any atom is -0.355 e. The molecule has 13 heavy (non-hydrogen) atoms. The molecule has 1 aliphatic carbocycles. The lowest BCUT2D eigenvalue weighted by Crippen LogP contribution is -2.49. The number of hydrogen-bond acceptors (Lipinski definition) is 2. The molecule has 3 N–H and O–H groups in total. The van der Waals surface area contributed by atoms with Gasteiger partial charge in [0.1, 0.15) is 0 Å². The van der Waals surface area contributed by atoms with Crippen LogP contribution in [0.5, 0.6) is 0 Å². The van der Waals surface area contributed by atoms with Crippen LogP contribution in [0.3, 0.4) is 0 Å². The fourth-order valence-electron chi connectivity index (χ4n) is 1.23. The van der Waals surface area contributed by atoms with Gasteiger partial charge in [-0.05, 0) is 32.6 Å². The number of nitrogens with two attached hydrogens (primary N) is 1. The van der Waals surface area contributed by atoms with E-state index in [1.165, 1.54) is 19.3 Å². The molecule has 1 fully saturated rings. The first-order valence-electron chi connectivity index (χ1n) is 5.07. The molecule has 0 radical (unpaired) electrons. The second-order valence-corrected chi connectivity index (χ2v) is 4.56. The Morgan fingerprint density at radius 2 is 2.15 bits per heavy atom. The molecule has 3 nitrogen and oxygen atoms in total. The van der Waals surface area contributed by atoms with Crippen LogP contribution in [0.15, 0.2) is 0 Å². The van der Waals surface area contributed by atoms with Crippen molar-refractivity contribution in [3.8, 4) is 0 Å². The molecule has 0 spiro atoms. The summed E-state index contributed by atoms with van der Waals surface area (Å²) in [5, 5.41) is 2.84. The fraction of sp³-hybridized carbons (Fsp3) is 0.900. The van der Waals surface area contributed by atoms with Gasteiger partial charge in [0.05, 0.1) is 5.54 Å². The summed E-state index contributed by atoms with van der Waals surface area (Å²) in [6, 6.07) is 0. The molecule has 0 saturated heterocycles. The van der Waals surface area contributed by atoms with E-state index in [0.29, 0.717) is 0 Å². The van der Waals surface area contributed by atoms with Crippen molar-refractivity contribution in [3.05, 3.63) is 0 Å². The standard InChI is InChI=1S/C10H20N2O/c1-10(2,11)9(13)12-7-3-4-8-5-6-8/h8H,3-7,11H2,1-2H3,(H,12,13). The van der Waals surface area contributed by atoms with Crippen LogP contribution in [0, 0.1) is 5.92 Å². The van der Waals surface area contributed by atoms with E-state index >= 15 is 0 Å². The molecule has 0 heterocycles. The van der Waals surface area contributed by atoms with Gasteiger partial charge in [-0.1, -0.05) is 12.8 Å². The van der Waals surface area contributed by atoms with Crippen LogP contribution in [-0.4, -0.2) is 18.0 Å². The van der Waals surface area contributed by atoms with E-state index in [1.807, 2.05) is 0 Å². The van der Waals surface area contributed by atoms with Gasteiger partial charge in [-0.2, -0.15) is 0 Å². The second kappa shape index (κ2) is 4.09. The Morgan fingerprint density at radius 3 is 2.62 bits per heavy atom. The van der Waals surface area contributed by atoms with Crippen LogP contribution >= 0.6 is 0 Å². The Morgan fingerprint density at radius 1 is 1.54 bits per heavy atom. The maximum atomic E-state index is 11.3. The van der Waals surface area contributed by atoms with Crippen LogP contribution in [0.1, 0.15) is 39.5 Å². The SMILES string of the molecule is CC(C)(N)C(=O)NCCCC1CC1. The average molecular weight is 184 g/mol. The molecular formula is C10H20N2O. The van der Waals surface area contributed by atoms with Crippen molar-refractivity contribution in [2.45, 2.75) is 45.1 Å². The van der Waals surface area contributed by atoms with E-state index in [9.17, 15) is 4.79 Å². The normalized spacial score (nSPS) is 17.2. The van der Waals surface area contributed by atoms with E-state index in [-0.39, 0.29) is 5.91 Å². The topological polar surface area (TPSA) is 55.1 Å². The highest BCUT2D eigenvalue weighted by molar-refractivity contribution is 5.84. The molecule has 1 amide bonds. The zero-order valence-corrected chi connectivity index (χ0v) is 8.60. The highest BCUT2D eigenvalue weighted by Gasteiger charge is 2.22. The van der Waals surface area contributed by atoms with E-state index in [4.69, 9.17) is 5.73 Å². The largest absolute Gasteiger partial charge is 0.355 e. The fourth-order valence-corrected chi connectivity index (χ4v) is 1.23. The Labute approximate surface area is 80.1 Å². The van der Waals surface area contributed by atoms with Crippen LogP contribution in [0.4, 0.5) is 0 Å². The highest BCUT2D eigenvalue weighted by atomic mass is 16.2. The van der Waals surface area contributed by atoms with Gasteiger partial charge in [0.15, 0.2) is 0 Å². The molecule has 0 aromatic carbocycles. The lowest BCUT2D eigenvalue weighted by Gasteiger charge is -2.17. The van der Waals surface area contributed by atoms with Gasteiger partial charge in [-0.15, -0.1) is 0 Å². The quantitative estimate of drug-likeness (QED) is 0.627. The Hall–Kier alpha value is -0.570. The van der Waals surface area contributed by atoms with Gasteiger partial charge in [0, 0.05) is 6.54 Å². The number of nitrogens with one attached hydrogen (secondary N) is 1. The lowest BCUT2D eigenvalue weighted by molar-refractivity contribution is -0.125. The molecule has 3 heteroatoms. The maximum Gasteiger partial charge on any atom is 0.239 e. The molecule has 0 aromatic heterocycles. The maximum absolute atomic E-state index is 11.3. The highest BCUT2D eigenvalue weighted by Crippen LogP contribution is 2.33. The van der Waals surface area contributed by atoms with Crippen molar-refractivity contribution >= 4 is 5.91 Å². The molecule has 1 rings (SSSR count). The number of amides is 1. The lowest BCUT2D eigenvalue weighted by atomic mass is 10.1. The van der Waals surface area contributed by atoms with Gasteiger partial charge >= 0.3 is 0 Å². The van der Waals surface area contributed by atoms with Crippen molar-refractivity contribution in [1.82, 2.24) is 5.32 Å². The minimum atomic E-state index is -0.737. The first-order valence-corrected chi connectivity index (χ1v) is 5.07. The van der Waals surface area contributed by atoms with E-state index in [1.54, 1.807) is 13.8 Å². The summed E-state index contributed by atoms with van der Waals surface area (Å²) in [5.74, 6) is 0.895. The molecule has 0 aromatic rings. The van der Waals surface area contributed by atoms with Crippen molar-refractivity contribution in [2.24, 2.45) is 11.7 Å². The molecule has 0 atom stereocenters. The molecule has 0 aliphatic heterocycles. The Bertz CT molecular complexity index is 180. The van der Waals surface area contributed by atoms with Crippen molar-refractivity contribution in [1.29, 1.82) is 0 Å². The predicted molar refractivity (Wildman–Crippen MR) is 53.2 cm³/mol. The van der Waals surface area contributed by atoms with Crippen LogP contribution in [0.25, 0.3) is 0 Å². The van der Waals surface area contributed by atoms with Crippen molar-refractivity contribution in [2.75, 3.05) is 6.54 Å². The van der Waals surface area contributed by atoms with E-state index < -0.39 is 5.54 Å². The van der Waals surface area contributed by atoms with Crippen LogP contribution in [0.2, 0.25) is 0 Å². The summed E-state index contributed by atoms with van der Waals surface area (Å²) in [7, 11) is 0. The summed E-state index contributed by atoms with van der Waals surface area (Å²) < 4.78 is 0. The molecule has 76 valence electrons. The number of rotatable bonds is 5. The Kier molecular flexibility index (Phi) is 3.31. The van der Waals surface area contributed by atoms with Crippen LogP contribution < -0.4 is 11.1 Å². The van der Waals surface area contributed by atoms with E-state index in [0.717, 1.165) is 18.9 Å². The van der Waals surface area contributed by atoms with Gasteiger partial charge in [-0.25, -0.2) is 0 Å². The summed E-state index contributed by atoms with van der Waals surface area (Å²) in [6.07, 6.45) is 5.12. The predicted octanol–water partition coefficient (Wildman–Crippen LogP) is 1.03. The van der Waals surface area contributed by atoms with Gasteiger partial charge < -0.3 is 11.1 Å². The minimum absolute atomic E-state index is 0.0525. The summed E-state index contributed by atoms with van der Waals surface area (Å²) in [4.78, 5) is 11.3. The summed E-state index contributed by atoms with van der Waals surface area (Å²) in [6.45, 7) is 4.22. The third kappa shape index (κ3) is 4.27. The van der Waals surface area contributed by atoms with Crippen LogP contribution in [-0.2, 0) is 4.79 Å². The third-order valence-electron chi connectivity index (χ3n) is 2.36. The number of carbonyl (C=O) groups is 1. The smallest absolute Gasteiger partial charge is 0.239 e. The average Bonchev–Trinajstić information content (AvgIpc) is 2.79. The summed E-state index contributed by atoms with van der Waals surface area (Å²) in [5.41, 5.74) is 4.88. The van der Waals surface area contributed by atoms with Gasteiger partial charge in [-0.3, -0.25) is 4.79 Å². The molecule has 0 unspecified atom stereocenters. The van der Waals surface area contributed by atoms with Crippen molar-refractivity contribution < 1.29 is 4.79 Å². The molecule has 0 bridgehead atoms. The monoisotopic (exact) mass is 184 g/mol. The molecular weight excluding hydrogens is 164 g/mol. The number of hydrogen-bond donors (Lipinski definition) is 2. The zero-order valence-electron chi connectivity index (χ0n) is 8.60. The first-order chi connectivity index (χ1) is 6.00. The second-order valence-electron chi connectivity index (χ2n) is 4.56.